The second-order valence-corrected chi connectivity index (χ2v) is 5.23. The quantitative estimate of drug-likeness (QED) is 0.905. The van der Waals surface area contributed by atoms with Gasteiger partial charge in [0.15, 0.2) is 5.75 Å². The molecule has 0 aromatic carbocycles. The number of methoxy groups -OCH3 is 1. The summed E-state index contributed by atoms with van der Waals surface area (Å²) in [6.07, 6.45) is 4.12. The predicted molar refractivity (Wildman–Crippen MR) is 79.0 cm³/mol. The Hall–Kier alpha value is -1.29. The summed E-state index contributed by atoms with van der Waals surface area (Å²) in [6.45, 7) is 8.58. The van der Waals surface area contributed by atoms with Crippen molar-refractivity contribution in [1.82, 2.24) is 10.3 Å². The number of ether oxygens (including phenoxy) is 1. The molecule has 0 radical (unpaired) electrons. The Morgan fingerprint density at radius 1 is 1.42 bits per heavy atom. The Kier molecular flexibility index (Phi) is 4.64. The normalized spacial score (nSPS) is 23.5. The van der Waals surface area contributed by atoms with Crippen LogP contribution >= 0.6 is 0 Å². The standard InChI is InChI=1S/C15H25N3O/c1-5-12-10-18(13(6-2)8-17-12)14-7-11(3)16-9-15(14)19-4/h7,9,12-13,17H,5-6,8,10H2,1-4H3. The van der Waals surface area contributed by atoms with Crippen LogP contribution in [0.5, 0.6) is 5.75 Å². The first-order valence-corrected chi connectivity index (χ1v) is 7.20. The highest BCUT2D eigenvalue weighted by molar-refractivity contribution is 5.59. The van der Waals surface area contributed by atoms with E-state index in [2.05, 4.69) is 35.1 Å². The van der Waals surface area contributed by atoms with E-state index in [1.165, 1.54) is 5.69 Å². The van der Waals surface area contributed by atoms with Gasteiger partial charge in [0.1, 0.15) is 0 Å². The Labute approximate surface area is 116 Å². The van der Waals surface area contributed by atoms with Crippen LogP contribution in [0.15, 0.2) is 12.3 Å². The topological polar surface area (TPSA) is 37.4 Å². The Morgan fingerprint density at radius 3 is 2.84 bits per heavy atom. The summed E-state index contributed by atoms with van der Waals surface area (Å²) in [7, 11) is 1.72. The van der Waals surface area contributed by atoms with Gasteiger partial charge in [-0.1, -0.05) is 13.8 Å². The number of aromatic nitrogens is 1. The SMILES string of the molecule is CCC1CN(c2cc(C)ncc2OC)C(CC)CN1. The van der Waals surface area contributed by atoms with Gasteiger partial charge in [-0.25, -0.2) is 0 Å². The first-order valence-electron chi connectivity index (χ1n) is 7.20. The van der Waals surface area contributed by atoms with Crippen molar-refractivity contribution in [2.75, 3.05) is 25.1 Å². The summed E-state index contributed by atoms with van der Waals surface area (Å²) in [5.41, 5.74) is 2.22. The molecule has 0 aliphatic carbocycles. The summed E-state index contributed by atoms with van der Waals surface area (Å²) in [4.78, 5) is 6.81. The molecule has 19 heavy (non-hydrogen) atoms. The minimum atomic E-state index is 0.526. The van der Waals surface area contributed by atoms with Gasteiger partial charge >= 0.3 is 0 Å². The molecule has 4 heteroatoms. The maximum atomic E-state index is 5.49. The lowest BCUT2D eigenvalue weighted by Crippen LogP contribution is -2.56. The zero-order valence-corrected chi connectivity index (χ0v) is 12.4. The minimum Gasteiger partial charge on any atom is -0.493 e. The lowest BCUT2D eigenvalue weighted by atomic mass is 10.0. The molecule has 1 N–H and O–H groups in total. The zero-order chi connectivity index (χ0) is 13.8. The van der Waals surface area contributed by atoms with Gasteiger partial charge in [0.2, 0.25) is 0 Å². The average Bonchev–Trinajstić information content (AvgIpc) is 2.46. The second kappa shape index (κ2) is 6.24. The molecule has 2 unspecified atom stereocenters. The van der Waals surface area contributed by atoms with Crippen molar-refractivity contribution in [3.05, 3.63) is 18.0 Å². The van der Waals surface area contributed by atoms with E-state index in [1.807, 2.05) is 13.1 Å². The number of aryl methyl sites for hydroxylation is 1. The number of piperazine rings is 1. The molecule has 1 aromatic heterocycles. The van der Waals surface area contributed by atoms with E-state index in [9.17, 15) is 0 Å². The van der Waals surface area contributed by atoms with Crippen LogP contribution in [0, 0.1) is 6.92 Å². The molecule has 0 spiro atoms. The Balaban J connectivity index is 2.32. The molecular weight excluding hydrogens is 238 g/mol. The van der Waals surface area contributed by atoms with E-state index in [1.54, 1.807) is 7.11 Å². The van der Waals surface area contributed by atoms with E-state index in [0.717, 1.165) is 37.4 Å². The summed E-state index contributed by atoms with van der Waals surface area (Å²) in [6, 6.07) is 3.22. The van der Waals surface area contributed by atoms with Crippen LogP contribution < -0.4 is 15.0 Å². The van der Waals surface area contributed by atoms with Gasteiger partial charge in [-0.05, 0) is 25.8 Å². The first kappa shape index (κ1) is 14.1. The molecule has 2 heterocycles. The second-order valence-electron chi connectivity index (χ2n) is 5.23. The van der Waals surface area contributed by atoms with E-state index in [-0.39, 0.29) is 0 Å². The molecular formula is C15H25N3O. The minimum absolute atomic E-state index is 0.526. The summed E-state index contributed by atoms with van der Waals surface area (Å²) >= 11 is 0. The summed E-state index contributed by atoms with van der Waals surface area (Å²) < 4.78 is 5.49. The summed E-state index contributed by atoms with van der Waals surface area (Å²) in [5, 5.41) is 3.62. The highest BCUT2D eigenvalue weighted by Crippen LogP contribution is 2.31. The van der Waals surface area contributed by atoms with Gasteiger partial charge in [0.05, 0.1) is 19.0 Å². The Morgan fingerprint density at radius 2 is 2.21 bits per heavy atom. The lowest BCUT2D eigenvalue weighted by molar-refractivity contribution is 0.368. The molecule has 0 bridgehead atoms. The van der Waals surface area contributed by atoms with Gasteiger partial charge < -0.3 is 15.0 Å². The highest BCUT2D eigenvalue weighted by atomic mass is 16.5. The van der Waals surface area contributed by atoms with Crippen LogP contribution in [0.4, 0.5) is 5.69 Å². The molecule has 0 amide bonds. The molecule has 2 atom stereocenters. The number of anilines is 1. The summed E-state index contributed by atoms with van der Waals surface area (Å²) in [5.74, 6) is 0.876. The monoisotopic (exact) mass is 263 g/mol. The van der Waals surface area contributed by atoms with Crippen LogP contribution in [-0.4, -0.2) is 37.3 Å². The molecule has 1 fully saturated rings. The fourth-order valence-corrected chi connectivity index (χ4v) is 2.71. The van der Waals surface area contributed by atoms with E-state index >= 15 is 0 Å². The molecule has 1 saturated heterocycles. The molecule has 1 aliphatic rings. The van der Waals surface area contributed by atoms with Crippen molar-refractivity contribution in [2.24, 2.45) is 0 Å². The van der Waals surface area contributed by atoms with Crippen molar-refractivity contribution < 1.29 is 4.74 Å². The van der Waals surface area contributed by atoms with Crippen molar-refractivity contribution >= 4 is 5.69 Å². The molecule has 0 saturated carbocycles. The van der Waals surface area contributed by atoms with Gasteiger partial charge in [0, 0.05) is 30.9 Å². The maximum absolute atomic E-state index is 5.49. The number of hydrogen-bond donors (Lipinski definition) is 1. The maximum Gasteiger partial charge on any atom is 0.160 e. The molecule has 2 rings (SSSR count). The fraction of sp³-hybridized carbons (Fsp3) is 0.667. The van der Waals surface area contributed by atoms with Crippen molar-refractivity contribution in [1.29, 1.82) is 0 Å². The van der Waals surface area contributed by atoms with Crippen molar-refractivity contribution in [2.45, 2.75) is 45.7 Å². The Bertz CT molecular complexity index is 422. The number of nitrogens with one attached hydrogen (secondary N) is 1. The first-order chi connectivity index (χ1) is 9.19. The number of rotatable bonds is 4. The lowest BCUT2D eigenvalue weighted by Gasteiger charge is -2.42. The van der Waals surface area contributed by atoms with Crippen LogP contribution in [0.3, 0.4) is 0 Å². The third kappa shape index (κ3) is 3.00. The predicted octanol–water partition coefficient (Wildman–Crippen LogP) is 2.37. The van der Waals surface area contributed by atoms with Gasteiger partial charge in [0.25, 0.3) is 0 Å². The number of nitrogens with zero attached hydrogens (tertiary/aromatic N) is 2. The van der Waals surface area contributed by atoms with Crippen LogP contribution in [-0.2, 0) is 0 Å². The smallest absolute Gasteiger partial charge is 0.160 e. The van der Waals surface area contributed by atoms with E-state index < -0.39 is 0 Å². The van der Waals surface area contributed by atoms with Crippen LogP contribution in [0.1, 0.15) is 32.4 Å². The number of pyridine rings is 1. The van der Waals surface area contributed by atoms with Crippen molar-refractivity contribution in [3.8, 4) is 5.75 Å². The third-order valence-electron chi connectivity index (χ3n) is 3.98. The molecule has 4 nitrogen and oxygen atoms in total. The van der Waals surface area contributed by atoms with E-state index in [4.69, 9.17) is 4.74 Å². The third-order valence-corrected chi connectivity index (χ3v) is 3.98. The molecule has 1 aliphatic heterocycles. The average molecular weight is 263 g/mol. The fourth-order valence-electron chi connectivity index (χ4n) is 2.71. The van der Waals surface area contributed by atoms with Gasteiger partial charge in [-0.3, -0.25) is 4.98 Å². The number of hydrogen-bond acceptors (Lipinski definition) is 4. The highest BCUT2D eigenvalue weighted by Gasteiger charge is 2.28. The van der Waals surface area contributed by atoms with Crippen molar-refractivity contribution in [3.63, 3.8) is 0 Å². The van der Waals surface area contributed by atoms with E-state index in [0.29, 0.717) is 12.1 Å². The van der Waals surface area contributed by atoms with Gasteiger partial charge in [-0.2, -0.15) is 0 Å². The molecule has 106 valence electrons. The van der Waals surface area contributed by atoms with Crippen LogP contribution in [0.2, 0.25) is 0 Å². The largest absolute Gasteiger partial charge is 0.493 e. The molecule has 1 aromatic rings. The van der Waals surface area contributed by atoms with Gasteiger partial charge in [-0.15, -0.1) is 0 Å². The zero-order valence-electron chi connectivity index (χ0n) is 12.4. The van der Waals surface area contributed by atoms with Crippen LogP contribution in [0.25, 0.3) is 0 Å².